The molecule has 4 unspecified atom stereocenters. The van der Waals surface area contributed by atoms with Gasteiger partial charge < -0.3 is 24.6 Å². The van der Waals surface area contributed by atoms with Crippen LogP contribution in [0.3, 0.4) is 0 Å². The van der Waals surface area contributed by atoms with Crippen molar-refractivity contribution >= 4 is 32.6 Å². The highest BCUT2D eigenvalue weighted by atomic mass is 79.9. The van der Waals surface area contributed by atoms with Gasteiger partial charge in [-0.15, -0.1) is 0 Å². The van der Waals surface area contributed by atoms with Crippen LogP contribution < -0.4 is 0 Å². The van der Waals surface area contributed by atoms with E-state index in [-0.39, 0.29) is 6.61 Å². The molecule has 4 rings (SSSR count). The first-order valence-corrected chi connectivity index (χ1v) is 7.51. The highest BCUT2D eigenvalue weighted by Crippen LogP contribution is 2.35. The van der Waals surface area contributed by atoms with Gasteiger partial charge in [0.2, 0.25) is 0 Å². The Labute approximate surface area is 132 Å². The predicted octanol–water partition coefficient (Wildman–Crippen LogP) is 0.0580. The number of aliphatic hydroxyl groups is 3. The van der Waals surface area contributed by atoms with Crippen LogP contribution in [0.25, 0.3) is 16.7 Å². The van der Waals surface area contributed by atoms with Gasteiger partial charge in [0, 0.05) is 23.1 Å². The van der Waals surface area contributed by atoms with Crippen LogP contribution in [0.4, 0.5) is 0 Å². The molecule has 0 aromatic carbocycles. The maximum absolute atomic E-state index is 10.2. The third kappa shape index (κ3) is 1.83. The Morgan fingerprint density at radius 1 is 1.23 bits per heavy atom. The van der Waals surface area contributed by atoms with Crippen LogP contribution in [0, 0.1) is 0 Å². The molecule has 1 saturated heterocycles. The highest BCUT2D eigenvalue weighted by Gasteiger charge is 2.44. The second kappa shape index (κ2) is 5.00. The van der Waals surface area contributed by atoms with Gasteiger partial charge in [-0.1, -0.05) is 0 Å². The average molecular weight is 369 g/mol. The van der Waals surface area contributed by atoms with Crippen molar-refractivity contribution in [3.8, 4) is 0 Å². The summed E-state index contributed by atoms with van der Waals surface area (Å²) in [6, 6.07) is 0. The van der Waals surface area contributed by atoms with Crippen molar-refractivity contribution in [2.75, 3.05) is 6.61 Å². The van der Waals surface area contributed by atoms with Crippen molar-refractivity contribution in [2.24, 2.45) is 0 Å². The lowest BCUT2D eigenvalue weighted by molar-refractivity contribution is -0.0509. The lowest BCUT2D eigenvalue weighted by atomic mass is 10.1. The minimum atomic E-state index is -1.16. The summed E-state index contributed by atoms with van der Waals surface area (Å²) in [5.74, 6) is 0. The molecule has 9 heteroatoms. The number of halogens is 1. The Kier molecular flexibility index (Phi) is 3.20. The zero-order valence-corrected chi connectivity index (χ0v) is 12.8. The van der Waals surface area contributed by atoms with Gasteiger partial charge in [-0.2, -0.15) is 0 Å². The number of aliphatic hydroxyl groups excluding tert-OH is 3. The molecule has 0 bridgehead atoms. The summed E-state index contributed by atoms with van der Waals surface area (Å²) in [5, 5.41) is 30.1. The van der Waals surface area contributed by atoms with E-state index in [0.717, 1.165) is 15.5 Å². The molecule has 22 heavy (non-hydrogen) atoms. The molecule has 0 radical (unpaired) electrons. The topological polar surface area (TPSA) is 105 Å². The molecular formula is C13H13BrN4O4. The summed E-state index contributed by atoms with van der Waals surface area (Å²) in [6.45, 7) is -0.368. The molecule has 0 aliphatic carbocycles. The molecule has 4 atom stereocenters. The minimum absolute atomic E-state index is 0.368. The van der Waals surface area contributed by atoms with Gasteiger partial charge in [-0.05, 0) is 15.9 Å². The summed E-state index contributed by atoms with van der Waals surface area (Å²) in [4.78, 5) is 8.68. The van der Waals surface area contributed by atoms with Gasteiger partial charge in [0.15, 0.2) is 6.23 Å². The summed E-state index contributed by atoms with van der Waals surface area (Å²) in [5.41, 5.74) is 1.29. The summed E-state index contributed by atoms with van der Waals surface area (Å²) >= 11 is 3.47. The molecule has 0 amide bonds. The summed E-state index contributed by atoms with van der Waals surface area (Å²) in [6.07, 6.45) is 2.85. The third-order valence-corrected chi connectivity index (χ3v) is 4.55. The molecule has 4 heterocycles. The molecule has 116 valence electrons. The van der Waals surface area contributed by atoms with Crippen LogP contribution in [-0.2, 0) is 4.74 Å². The average Bonchev–Trinajstić information content (AvgIpc) is 3.17. The molecule has 3 aromatic rings. The Morgan fingerprint density at radius 2 is 2.05 bits per heavy atom. The van der Waals surface area contributed by atoms with E-state index in [0.29, 0.717) is 5.65 Å². The Bertz CT molecular complexity index is 847. The first-order chi connectivity index (χ1) is 10.6. The Balaban J connectivity index is 1.89. The fourth-order valence-electron chi connectivity index (χ4n) is 2.84. The van der Waals surface area contributed by atoms with E-state index in [4.69, 9.17) is 4.74 Å². The fourth-order valence-corrected chi connectivity index (χ4v) is 3.42. The second-order valence-corrected chi connectivity index (χ2v) is 6.07. The second-order valence-electron chi connectivity index (χ2n) is 5.21. The van der Waals surface area contributed by atoms with Gasteiger partial charge in [0.25, 0.3) is 0 Å². The van der Waals surface area contributed by atoms with E-state index in [1.54, 1.807) is 33.9 Å². The quantitative estimate of drug-likeness (QED) is 0.590. The van der Waals surface area contributed by atoms with Crippen LogP contribution in [0.2, 0.25) is 0 Å². The zero-order chi connectivity index (χ0) is 15.4. The predicted molar refractivity (Wildman–Crippen MR) is 79.2 cm³/mol. The lowest BCUT2D eigenvalue weighted by Gasteiger charge is -2.17. The molecule has 0 spiro atoms. The SMILES string of the molecule is OCC1OC(n2cc(Br)c3c2ncn2ccnc32)C(O)C1O. The van der Waals surface area contributed by atoms with Gasteiger partial charge >= 0.3 is 0 Å². The van der Waals surface area contributed by atoms with Gasteiger partial charge in [-0.3, -0.25) is 4.40 Å². The maximum Gasteiger partial charge on any atom is 0.164 e. The third-order valence-electron chi connectivity index (χ3n) is 3.95. The smallest absolute Gasteiger partial charge is 0.164 e. The van der Waals surface area contributed by atoms with E-state index >= 15 is 0 Å². The maximum atomic E-state index is 10.2. The van der Waals surface area contributed by atoms with Gasteiger partial charge in [-0.25, -0.2) is 9.97 Å². The van der Waals surface area contributed by atoms with Gasteiger partial charge in [0.05, 0.1) is 12.0 Å². The minimum Gasteiger partial charge on any atom is -0.394 e. The van der Waals surface area contributed by atoms with Crippen molar-refractivity contribution in [1.82, 2.24) is 18.9 Å². The Morgan fingerprint density at radius 3 is 2.77 bits per heavy atom. The van der Waals surface area contributed by atoms with E-state index in [1.165, 1.54) is 0 Å². The molecule has 1 aliphatic rings. The first kappa shape index (κ1) is 14.1. The molecule has 8 nitrogen and oxygen atoms in total. The molecule has 3 N–H and O–H groups in total. The number of aromatic nitrogens is 4. The van der Waals surface area contributed by atoms with Crippen molar-refractivity contribution in [1.29, 1.82) is 0 Å². The van der Waals surface area contributed by atoms with Crippen molar-refractivity contribution in [3.63, 3.8) is 0 Å². The van der Waals surface area contributed by atoms with E-state index in [2.05, 4.69) is 25.9 Å². The number of hydrogen-bond donors (Lipinski definition) is 3. The highest BCUT2D eigenvalue weighted by molar-refractivity contribution is 9.10. The van der Waals surface area contributed by atoms with Crippen LogP contribution in [0.1, 0.15) is 6.23 Å². The first-order valence-electron chi connectivity index (χ1n) is 6.72. The van der Waals surface area contributed by atoms with Crippen LogP contribution >= 0.6 is 15.9 Å². The molecule has 0 saturated carbocycles. The number of rotatable bonds is 2. The van der Waals surface area contributed by atoms with Crippen molar-refractivity contribution < 1.29 is 20.1 Å². The monoisotopic (exact) mass is 368 g/mol. The number of imidazole rings is 1. The molecular weight excluding hydrogens is 356 g/mol. The standard InChI is InChI=1S/C13H13BrN4O4/c14-6-3-18(13-10(21)9(20)7(4-19)22-13)12-8(6)11-15-1-2-17(11)5-16-12/h1-3,5,7,9-10,13,19-21H,4H2. The van der Waals surface area contributed by atoms with Crippen LogP contribution in [0.5, 0.6) is 0 Å². The number of hydrogen-bond acceptors (Lipinski definition) is 6. The zero-order valence-electron chi connectivity index (χ0n) is 11.2. The molecule has 1 fully saturated rings. The lowest BCUT2D eigenvalue weighted by Crippen LogP contribution is -2.33. The summed E-state index contributed by atoms with van der Waals surface area (Å²) < 4.78 is 9.74. The molecule has 3 aromatic heterocycles. The van der Waals surface area contributed by atoms with Crippen LogP contribution in [-0.4, -0.2) is 59.2 Å². The van der Waals surface area contributed by atoms with Crippen molar-refractivity contribution in [2.45, 2.75) is 24.5 Å². The van der Waals surface area contributed by atoms with Crippen molar-refractivity contribution in [3.05, 3.63) is 29.4 Å². The van der Waals surface area contributed by atoms with E-state index in [9.17, 15) is 15.3 Å². The molecule has 1 aliphatic heterocycles. The normalized spacial score (nSPS) is 28.9. The van der Waals surface area contributed by atoms with Gasteiger partial charge in [0.1, 0.15) is 35.9 Å². The number of ether oxygens (including phenoxy) is 1. The fraction of sp³-hybridized carbons (Fsp3) is 0.385. The van der Waals surface area contributed by atoms with Crippen LogP contribution in [0.15, 0.2) is 29.4 Å². The summed E-state index contributed by atoms with van der Waals surface area (Å²) in [7, 11) is 0. The number of nitrogens with zero attached hydrogens (tertiary/aromatic N) is 4. The van der Waals surface area contributed by atoms with E-state index in [1.807, 2.05) is 0 Å². The Hall–Kier alpha value is -1.52. The largest absolute Gasteiger partial charge is 0.394 e. The van der Waals surface area contributed by atoms with E-state index < -0.39 is 24.5 Å². The number of fused-ring (bicyclic) bond motifs is 3.